The number of carbonyl (C=O) groups is 1. The fourth-order valence-corrected chi connectivity index (χ4v) is 2.35. The number of carbonyl (C=O) groups excluding carboxylic acids is 1. The zero-order valence-electron chi connectivity index (χ0n) is 8.69. The minimum absolute atomic E-state index is 0.352. The van der Waals surface area contributed by atoms with Crippen LogP contribution in [0, 0.1) is 5.82 Å². The highest BCUT2D eigenvalue weighted by molar-refractivity contribution is 7.99. The van der Waals surface area contributed by atoms with E-state index in [1.165, 1.54) is 23.9 Å². The van der Waals surface area contributed by atoms with Gasteiger partial charge in [0.05, 0.1) is 0 Å². The van der Waals surface area contributed by atoms with Crippen molar-refractivity contribution in [1.82, 2.24) is 0 Å². The van der Waals surface area contributed by atoms with Gasteiger partial charge in [-0.25, -0.2) is 4.39 Å². The van der Waals surface area contributed by atoms with Crippen molar-refractivity contribution < 1.29 is 9.18 Å². The second-order valence-electron chi connectivity index (χ2n) is 3.36. The number of halogens is 2. The van der Waals surface area contributed by atoms with Gasteiger partial charge in [-0.1, -0.05) is 23.4 Å². The third-order valence-electron chi connectivity index (χ3n) is 2.14. The van der Waals surface area contributed by atoms with Crippen LogP contribution in [0.15, 0.2) is 52.3 Å². The smallest absolute Gasteiger partial charge is 0.151 e. The van der Waals surface area contributed by atoms with Gasteiger partial charge in [-0.15, -0.1) is 0 Å². The standard InChI is InChI=1S/C13H8ClFOS/c14-10-1-4-12(5-2-10)17-13-6-3-11(15)7-9(13)8-16/h1-8H. The average Bonchev–Trinajstić information content (AvgIpc) is 2.34. The summed E-state index contributed by atoms with van der Waals surface area (Å²) in [6, 6.07) is 11.4. The molecule has 17 heavy (non-hydrogen) atoms. The van der Waals surface area contributed by atoms with Crippen molar-refractivity contribution in [3.05, 3.63) is 58.9 Å². The first-order chi connectivity index (χ1) is 8.19. The quantitative estimate of drug-likeness (QED) is 0.764. The lowest BCUT2D eigenvalue weighted by molar-refractivity contribution is 0.112. The molecule has 0 N–H and O–H groups in total. The molecule has 0 saturated carbocycles. The Labute approximate surface area is 108 Å². The topological polar surface area (TPSA) is 17.1 Å². The lowest BCUT2D eigenvalue weighted by Gasteiger charge is -2.04. The molecule has 2 rings (SSSR count). The molecule has 1 nitrogen and oxygen atoms in total. The number of benzene rings is 2. The Balaban J connectivity index is 2.29. The van der Waals surface area contributed by atoms with Gasteiger partial charge in [0.2, 0.25) is 0 Å². The van der Waals surface area contributed by atoms with Crippen LogP contribution >= 0.6 is 23.4 Å². The maximum Gasteiger partial charge on any atom is 0.151 e. The Morgan fingerprint density at radius 1 is 1.12 bits per heavy atom. The van der Waals surface area contributed by atoms with E-state index in [-0.39, 0.29) is 0 Å². The molecule has 4 heteroatoms. The highest BCUT2D eigenvalue weighted by Crippen LogP contribution is 2.30. The van der Waals surface area contributed by atoms with Gasteiger partial charge >= 0.3 is 0 Å². The van der Waals surface area contributed by atoms with Crippen molar-refractivity contribution >= 4 is 29.6 Å². The summed E-state index contributed by atoms with van der Waals surface area (Å²) >= 11 is 7.18. The molecule has 0 spiro atoms. The number of aldehydes is 1. The Hall–Kier alpha value is -1.32. The van der Waals surface area contributed by atoms with Gasteiger partial charge < -0.3 is 0 Å². The molecule has 0 radical (unpaired) electrons. The van der Waals surface area contributed by atoms with Crippen LogP contribution in [0.4, 0.5) is 4.39 Å². The van der Waals surface area contributed by atoms with E-state index in [1.807, 2.05) is 12.1 Å². The highest BCUT2D eigenvalue weighted by atomic mass is 35.5. The van der Waals surface area contributed by atoms with Crippen LogP contribution in [0.2, 0.25) is 5.02 Å². The summed E-state index contributed by atoms with van der Waals surface area (Å²) in [5.74, 6) is -0.410. The van der Waals surface area contributed by atoms with Crippen molar-refractivity contribution in [2.75, 3.05) is 0 Å². The molecule has 0 saturated heterocycles. The average molecular weight is 267 g/mol. The first kappa shape index (κ1) is 12.1. The van der Waals surface area contributed by atoms with Crippen molar-refractivity contribution in [3.63, 3.8) is 0 Å². The van der Waals surface area contributed by atoms with Crippen molar-refractivity contribution in [3.8, 4) is 0 Å². The molecule has 0 heterocycles. The van der Waals surface area contributed by atoms with Gasteiger partial charge in [0.15, 0.2) is 6.29 Å². The molecule has 0 fully saturated rings. The molecule has 0 aliphatic heterocycles. The zero-order chi connectivity index (χ0) is 12.3. The molecule has 0 aliphatic carbocycles. The van der Waals surface area contributed by atoms with Gasteiger partial charge in [0.1, 0.15) is 5.82 Å². The normalized spacial score (nSPS) is 10.2. The van der Waals surface area contributed by atoms with Crippen LogP contribution < -0.4 is 0 Å². The van der Waals surface area contributed by atoms with Crippen LogP contribution in [-0.2, 0) is 0 Å². The summed E-state index contributed by atoms with van der Waals surface area (Å²) in [4.78, 5) is 12.5. The van der Waals surface area contributed by atoms with E-state index in [0.29, 0.717) is 16.9 Å². The van der Waals surface area contributed by atoms with Crippen LogP contribution in [0.5, 0.6) is 0 Å². The predicted molar refractivity (Wildman–Crippen MR) is 67.4 cm³/mol. The SMILES string of the molecule is O=Cc1cc(F)ccc1Sc1ccc(Cl)cc1. The third-order valence-corrected chi connectivity index (χ3v) is 3.49. The van der Waals surface area contributed by atoms with Crippen LogP contribution in [0.3, 0.4) is 0 Å². The molecular formula is C13H8ClFOS. The zero-order valence-corrected chi connectivity index (χ0v) is 10.3. The second kappa shape index (κ2) is 5.34. The largest absolute Gasteiger partial charge is 0.298 e. The third kappa shape index (κ3) is 3.08. The summed E-state index contributed by atoms with van der Waals surface area (Å²) in [7, 11) is 0. The number of hydrogen-bond donors (Lipinski definition) is 0. The molecular weight excluding hydrogens is 259 g/mol. The molecule has 0 atom stereocenters. The highest BCUT2D eigenvalue weighted by Gasteiger charge is 2.05. The van der Waals surface area contributed by atoms with Crippen LogP contribution in [-0.4, -0.2) is 6.29 Å². The first-order valence-corrected chi connectivity index (χ1v) is 6.06. The van der Waals surface area contributed by atoms with E-state index in [2.05, 4.69) is 0 Å². The Morgan fingerprint density at radius 2 is 1.82 bits per heavy atom. The van der Waals surface area contributed by atoms with Crippen LogP contribution in [0.25, 0.3) is 0 Å². The maximum atomic E-state index is 12.9. The molecule has 0 bridgehead atoms. The summed E-state index contributed by atoms with van der Waals surface area (Å²) in [5, 5.41) is 0.657. The van der Waals surface area contributed by atoms with E-state index in [4.69, 9.17) is 11.6 Å². The van der Waals surface area contributed by atoms with Crippen molar-refractivity contribution in [1.29, 1.82) is 0 Å². The molecule has 86 valence electrons. The van der Waals surface area contributed by atoms with Gasteiger partial charge in [0, 0.05) is 20.4 Å². The van der Waals surface area contributed by atoms with Gasteiger partial charge in [-0.05, 0) is 42.5 Å². The van der Waals surface area contributed by atoms with E-state index in [1.54, 1.807) is 18.2 Å². The van der Waals surface area contributed by atoms with Crippen LogP contribution in [0.1, 0.15) is 10.4 Å². The van der Waals surface area contributed by atoms with Gasteiger partial charge in [-0.2, -0.15) is 0 Å². The second-order valence-corrected chi connectivity index (χ2v) is 4.91. The fraction of sp³-hybridized carbons (Fsp3) is 0. The Morgan fingerprint density at radius 3 is 2.47 bits per heavy atom. The molecule has 0 unspecified atom stereocenters. The van der Waals surface area contributed by atoms with Gasteiger partial charge in [-0.3, -0.25) is 4.79 Å². The van der Waals surface area contributed by atoms with Gasteiger partial charge in [0.25, 0.3) is 0 Å². The fourth-order valence-electron chi connectivity index (χ4n) is 1.33. The van der Waals surface area contributed by atoms with Crippen molar-refractivity contribution in [2.24, 2.45) is 0 Å². The predicted octanol–water partition coefficient (Wildman–Crippen LogP) is 4.44. The van der Waals surface area contributed by atoms with Crippen molar-refractivity contribution in [2.45, 2.75) is 9.79 Å². The first-order valence-electron chi connectivity index (χ1n) is 4.87. The van der Waals surface area contributed by atoms with E-state index >= 15 is 0 Å². The van der Waals surface area contributed by atoms with E-state index in [9.17, 15) is 9.18 Å². The lowest BCUT2D eigenvalue weighted by atomic mass is 10.2. The molecule has 0 aromatic heterocycles. The monoisotopic (exact) mass is 266 g/mol. The van der Waals surface area contributed by atoms with E-state index in [0.717, 1.165) is 9.79 Å². The lowest BCUT2D eigenvalue weighted by Crippen LogP contribution is -1.87. The molecule has 2 aromatic rings. The van der Waals surface area contributed by atoms with E-state index < -0.39 is 5.82 Å². The summed E-state index contributed by atoms with van der Waals surface area (Å²) in [6.07, 6.45) is 0.654. The minimum atomic E-state index is -0.410. The molecule has 0 aliphatic rings. The number of hydrogen-bond acceptors (Lipinski definition) is 2. The summed E-state index contributed by atoms with van der Waals surface area (Å²) in [5.41, 5.74) is 0.352. The molecule has 2 aromatic carbocycles. The number of rotatable bonds is 3. The Kier molecular flexibility index (Phi) is 3.82. The summed E-state index contributed by atoms with van der Waals surface area (Å²) in [6.45, 7) is 0. The molecule has 0 amide bonds. The summed E-state index contributed by atoms with van der Waals surface area (Å²) < 4.78 is 12.9. The maximum absolute atomic E-state index is 12.9. The Bertz CT molecular complexity index is 540. The minimum Gasteiger partial charge on any atom is -0.298 e.